The summed E-state index contributed by atoms with van der Waals surface area (Å²) >= 11 is 0. The third-order valence-electron chi connectivity index (χ3n) is 2.68. The van der Waals surface area contributed by atoms with E-state index in [-0.39, 0.29) is 23.3 Å². The van der Waals surface area contributed by atoms with Crippen LogP contribution in [-0.2, 0) is 16.6 Å². The Morgan fingerprint density at radius 1 is 1.58 bits per heavy atom. The van der Waals surface area contributed by atoms with Crippen molar-refractivity contribution in [1.82, 2.24) is 14.1 Å². The Morgan fingerprint density at radius 2 is 2.21 bits per heavy atom. The van der Waals surface area contributed by atoms with Crippen LogP contribution in [0.2, 0.25) is 0 Å². The molecule has 0 saturated heterocycles. The van der Waals surface area contributed by atoms with Gasteiger partial charge in [0.2, 0.25) is 10.0 Å². The smallest absolute Gasteiger partial charge is 0.248 e. The second-order valence-electron chi connectivity index (χ2n) is 4.60. The van der Waals surface area contributed by atoms with Gasteiger partial charge in [0.25, 0.3) is 0 Å². The lowest BCUT2D eigenvalue weighted by Crippen LogP contribution is -2.37. The fourth-order valence-electron chi connectivity index (χ4n) is 1.80. The van der Waals surface area contributed by atoms with Crippen molar-refractivity contribution in [2.75, 3.05) is 12.3 Å². The van der Waals surface area contributed by atoms with E-state index in [0.717, 1.165) is 6.42 Å². The Bertz CT molecular complexity index is 534. The fraction of sp³-hybridized carbons (Fsp3) is 0.583. The van der Waals surface area contributed by atoms with Gasteiger partial charge in [-0.25, -0.2) is 8.42 Å². The molecule has 19 heavy (non-hydrogen) atoms. The van der Waals surface area contributed by atoms with Gasteiger partial charge < -0.3 is 5.73 Å². The number of nitrogen functional groups attached to an aromatic ring is 1. The molecule has 108 valence electrons. The minimum absolute atomic E-state index is 0.0446. The zero-order chi connectivity index (χ0) is 14.6. The summed E-state index contributed by atoms with van der Waals surface area (Å²) in [6, 6.07) is -0.170. The first-order valence-corrected chi connectivity index (χ1v) is 7.74. The molecule has 0 bridgehead atoms. The van der Waals surface area contributed by atoms with Crippen molar-refractivity contribution < 1.29 is 8.42 Å². The molecule has 0 aromatic carbocycles. The zero-order valence-electron chi connectivity index (χ0n) is 11.7. The first-order valence-electron chi connectivity index (χ1n) is 6.30. The molecule has 0 amide bonds. The van der Waals surface area contributed by atoms with Crippen molar-refractivity contribution in [3.63, 3.8) is 0 Å². The lowest BCUT2D eigenvalue weighted by atomic mass is 10.4. The number of sulfonamides is 1. The summed E-state index contributed by atoms with van der Waals surface area (Å²) in [7, 11) is -3.64. The molecule has 0 aliphatic heterocycles. The number of anilines is 1. The quantitative estimate of drug-likeness (QED) is 0.769. The number of aryl methyl sites for hydroxylation is 1. The normalized spacial score (nSPS) is 12.3. The van der Waals surface area contributed by atoms with E-state index in [9.17, 15) is 8.42 Å². The largest absolute Gasteiger partial charge is 0.381 e. The molecule has 0 saturated carbocycles. The van der Waals surface area contributed by atoms with Crippen molar-refractivity contribution in [2.45, 2.75) is 44.7 Å². The van der Waals surface area contributed by atoms with Gasteiger partial charge >= 0.3 is 0 Å². The van der Waals surface area contributed by atoms with Gasteiger partial charge in [-0.15, -0.1) is 6.58 Å². The predicted molar refractivity (Wildman–Crippen MR) is 76.2 cm³/mol. The number of aromatic nitrogens is 2. The minimum Gasteiger partial charge on any atom is -0.381 e. The highest BCUT2D eigenvalue weighted by Crippen LogP contribution is 2.23. The Labute approximate surface area is 114 Å². The molecule has 0 atom stereocenters. The molecule has 1 heterocycles. The van der Waals surface area contributed by atoms with Crippen LogP contribution in [0.5, 0.6) is 0 Å². The van der Waals surface area contributed by atoms with E-state index in [4.69, 9.17) is 5.73 Å². The van der Waals surface area contributed by atoms with Crippen LogP contribution in [0.1, 0.15) is 27.2 Å². The van der Waals surface area contributed by atoms with E-state index < -0.39 is 10.0 Å². The van der Waals surface area contributed by atoms with E-state index in [1.807, 2.05) is 20.8 Å². The third kappa shape index (κ3) is 3.36. The molecule has 2 N–H and O–H groups in total. The van der Waals surface area contributed by atoms with Crippen LogP contribution < -0.4 is 5.73 Å². The molecule has 0 spiro atoms. The second kappa shape index (κ2) is 6.21. The monoisotopic (exact) mass is 286 g/mol. The third-order valence-corrected chi connectivity index (χ3v) is 4.74. The van der Waals surface area contributed by atoms with Crippen molar-refractivity contribution in [3.8, 4) is 0 Å². The van der Waals surface area contributed by atoms with E-state index in [2.05, 4.69) is 11.7 Å². The highest BCUT2D eigenvalue weighted by atomic mass is 32.2. The highest BCUT2D eigenvalue weighted by Gasteiger charge is 2.29. The molecular formula is C12H22N4O2S. The van der Waals surface area contributed by atoms with Gasteiger partial charge in [0, 0.05) is 25.3 Å². The van der Waals surface area contributed by atoms with Gasteiger partial charge in [-0.3, -0.25) is 4.68 Å². The van der Waals surface area contributed by atoms with Crippen molar-refractivity contribution in [3.05, 3.63) is 18.9 Å². The summed E-state index contributed by atoms with van der Waals surface area (Å²) in [5.74, 6) is 0.0446. The molecule has 0 aliphatic rings. The Hall–Kier alpha value is -1.34. The van der Waals surface area contributed by atoms with E-state index in [0.29, 0.717) is 6.54 Å². The molecule has 1 aromatic rings. The number of rotatable bonds is 7. The van der Waals surface area contributed by atoms with E-state index >= 15 is 0 Å². The van der Waals surface area contributed by atoms with Crippen LogP contribution in [0.25, 0.3) is 0 Å². The average molecular weight is 286 g/mol. The first-order chi connectivity index (χ1) is 8.84. The van der Waals surface area contributed by atoms with Crippen molar-refractivity contribution in [1.29, 1.82) is 0 Å². The maximum atomic E-state index is 12.5. The first kappa shape index (κ1) is 15.7. The lowest BCUT2D eigenvalue weighted by molar-refractivity contribution is 0.383. The Kier molecular flexibility index (Phi) is 5.13. The molecule has 1 aromatic heterocycles. The van der Waals surface area contributed by atoms with Crippen molar-refractivity contribution >= 4 is 15.8 Å². The molecule has 7 heteroatoms. The Balaban J connectivity index is 3.21. The van der Waals surface area contributed by atoms with Gasteiger partial charge in [0.05, 0.1) is 0 Å². The van der Waals surface area contributed by atoms with Gasteiger partial charge in [-0.2, -0.15) is 9.40 Å². The molecule has 0 unspecified atom stereocenters. The molecular weight excluding hydrogens is 264 g/mol. The van der Waals surface area contributed by atoms with Gasteiger partial charge in [-0.1, -0.05) is 13.0 Å². The van der Waals surface area contributed by atoms with Gasteiger partial charge in [0.1, 0.15) is 4.90 Å². The average Bonchev–Trinajstić information content (AvgIpc) is 2.67. The molecule has 0 radical (unpaired) electrons. The summed E-state index contributed by atoms with van der Waals surface area (Å²) in [5, 5.41) is 4.03. The fourth-order valence-corrected chi connectivity index (χ4v) is 3.47. The summed E-state index contributed by atoms with van der Waals surface area (Å²) in [6.07, 6.45) is 3.91. The van der Waals surface area contributed by atoms with E-state index in [1.165, 1.54) is 10.5 Å². The molecule has 0 aliphatic carbocycles. The maximum absolute atomic E-state index is 12.5. The second-order valence-corrected chi connectivity index (χ2v) is 6.46. The zero-order valence-corrected chi connectivity index (χ0v) is 12.5. The van der Waals surface area contributed by atoms with Gasteiger partial charge in [-0.05, 0) is 20.3 Å². The SMILES string of the molecule is C=CCN(C(C)C)S(=O)(=O)c1cn(CCC)nc1N. The lowest BCUT2D eigenvalue weighted by Gasteiger charge is -2.23. The summed E-state index contributed by atoms with van der Waals surface area (Å²) in [4.78, 5) is 0.0662. The van der Waals surface area contributed by atoms with Gasteiger partial charge in [0.15, 0.2) is 5.82 Å². The summed E-state index contributed by atoms with van der Waals surface area (Å²) < 4.78 is 28.0. The topological polar surface area (TPSA) is 81.2 Å². The highest BCUT2D eigenvalue weighted by molar-refractivity contribution is 7.89. The van der Waals surface area contributed by atoms with Crippen LogP contribution in [-0.4, -0.2) is 35.1 Å². The number of hydrogen-bond donors (Lipinski definition) is 1. The number of nitrogens with two attached hydrogens (primary N) is 1. The van der Waals surface area contributed by atoms with E-state index in [1.54, 1.807) is 10.8 Å². The van der Waals surface area contributed by atoms with Crippen LogP contribution in [0.3, 0.4) is 0 Å². The Morgan fingerprint density at radius 3 is 2.68 bits per heavy atom. The van der Waals surface area contributed by atoms with Crippen LogP contribution in [0, 0.1) is 0 Å². The van der Waals surface area contributed by atoms with Crippen molar-refractivity contribution in [2.24, 2.45) is 0 Å². The standard InChI is InChI=1S/C12H22N4O2S/c1-5-7-15-9-11(12(13)14-15)19(17,18)16(8-6-2)10(3)4/h6,9-10H,2,5,7-8H2,1,3-4H3,(H2,13,14). The number of nitrogens with zero attached hydrogens (tertiary/aromatic N) is 3. The maximum Gasteiger partial charge on any atom is 0.248 e. The van der Waals surface area contributed by atoms with Crippen LogP contribution in [0.15, 0.2) is 23.7 Å². The summed E-state index contributed by atoms with van der Waals surface area (Å²) in [6.45, 7) is 10.1. The minimum atomic E-state index is -3.64. The molecule has 0 fully saturated rings. The van der Waals surface area contributed by atoms with Crippen LogP contribution in [0.4, 0.5) is 5.82 Å². The number of hydrogen-bond acceptors (Lipinski definition) is 4. The molecule has 6 nitrogen and oxygen atoms in total. The molecule has 1 rings (SSSR count). The van der Waals surface area contributed by atoms with Crippen LogP contribution >= 0.6 is 0 Å². The predicted octanol–water partition coefficient (Wildman–Crippen LogP) is 1.46. The summed E-state index contributed by atoms with van der Waals surface area (Å²) in [5.41, 5.74) is 5.73.